The van der Waals surface area contributed by atoms with Crippen LogP contribution in [0.3, 0.4) is 0 Å². The fourth-order valence-electron chi connectivity index (χ4n) is 0.931. The molecule has 0 bridgehead atoms. The predicted octanol–water partition coefficient (Wildman–Crippen LogP) is 2.23. The first-order valence-electron chi connectivity index (χ1n) is 4.44. The molecule has 1 heterocycles. The molecule has 1 rings (SSSR count). The number of allylic oxidation sites excluding steroid dienone is 4. The Morgan fingerprint density at radius 2 is 2.12 bits per heavy atom. The van der Waals surface area contributed by atoms with Gasteiger partial charge < -0.3 is 0 Å². The Bertz CT molecular complexity index is 500. The van der Waals surface area contributed by atoms with Gasteiger partial charge in [0.05, 0.1) is 0 Å². The van der Waals surface area contributed by atoms with Crippen LogP contribution < -0.4 is 0 Å². The molecule has 0 saturated carbocycles. The molecule has 0 aromatic carbocycles. The smallest absolute Gasteiger partial charge is 0.207 e. The molecule has 1 aromatic heterocycles. The van der Waals surface area contributed by atoms with Crippen LogP contribution in [0.15, 0.2) is 35.7 Å². The van der Waals surface area contributed by atoms with Gasteiger partial charge in [-0.3, -0.25) is 4.79 Å². The third kappa shape index (κ3) is 3.01. The van der Waals surface area contributed by atoms with Crippen LogP contribution >= 0.6 is 11.6 Å². The average Bonchev–Trinajstić information content (AvgIpc) is 2.35. The zero-order chi connectivity index (χ0) is 12.0. The van der Waals surface area contributed by atoms with E-state index in [0.29, 0.717) is 5.03 Å². The van der Waals surface area contributed by atoms with Gasteiger partial charge >= 0.3 is 0 Å². The minimum absolute atomic E-state index is 0.00810. The number of rotatable bonds is 3. The molecule has 0 aliphatic heterocycles. The average molecular weight is 234 g/mol. The van der Waals surface area contributed by atoms with Crippen molar-refractivity contribution in [3.05, 3.63) is 47.0 Å². The monoisotopic (exact) mass is 233 g/mol. The minimum Gasteiger partial charge on any atom is -0.287 e. The van der Waals surface area contributed by atoms with Crippen molar-refractivity contribution in [2.24, 2.45) is 0 Å². The van der Waals surface area contributed by atoms with Gasteiger partial charge in [0.15, 0.2) is 5.69 Å². The molecule has 0 N–H and O–H groups in total. The van der Waals surface area contributed by atoms with E-state index >= 15 is 0 Å². The van der Waals surface area contributed by atoms with Crippen LogP contribution in [0.2, 0.25) is 0 Å². The summed E-state index contributed by atoms with van der Waals surface area (Å²) in [6.07, 6.45) is 7.07. The third-order valence-corrected chi connectivity index (χ3v) is 2.05. The lowest BCUT2D eigenvalue weighted by atomic mass is 10.2. The normalized spacial score (nSPS) is 11.4. The second-order valence-corrected chi connectivity index (χ2v) is 3.17. The summed E-state index contributed by atoms with van der Waals surface area (Å²) in [6, 6.07) is 1.80. The number of nitrogens with zero attached hydrogens (tertiary/aromatic N) is 3. The van der Waals surface area contributed by atoms with E-state index in [0.717, 1.165) is 0 Å². The van der Waals surface area contributed by atoms with Crippen molar-refractivity contribution in [2.45, 2.75) is 6.92 Å². The first-order chi connectivity index (χ1) is 7.69. The molecule has 16 heavy (non-hydrogen) atoms. The Morgan fingerprint density at radius 3 is 2.75 bits per heavy atom. The zero-order valence-electron chi connectivity index (χ0n) is 8.51. The molecule has 0 spiro atoms. The number of hydrogen-bond acceptors (Lipinski definition) is 4. The number of carbonyl (C=O) groups is 1. The number of carbonyl (C=O) groups excluding carboxylic acids is 1. The van der Waals surface area contributed by atoms with Crippen LogP contribution in [0, 0.1) is 11.3 Å². The van der Waals surface area contributed by atoms with Crippen LogP contribution in [-0.4, -0.2) is 15.8 Å². The summed E-state index contributed by atoms with van der Waals surface area (Å²) >= 11 is 5.69. The topological polar surface area (TPSA) is 66.6 Å². The Balaban J connectivity index is 2.99. The van der Waals surface area contributed by atoms with Gasteiger partial charge in [-0.25, -0.2) is 9.97 Å². The fourth-order valence-corrected chi connectivity index (χ4v) is 0.994. The lowest BCUT2D eigenvalue weighted by Crippen LogP contribution is -2.03. The highest BCUT2D eigenvalue weighted by Gasteiger charge is 2.10. The van der Waals surface area contributed by atoms with Gasteiger partial charge in [0.25, 0.3) is 0 Å². The molecule has 0 aliphatic carbocycles. The molecule has 80 valence electrons. The van der Waals surface area contributed by atoms with Crippen molar-refractivity contribution in [3.63, 3.8) is 0 Å². The first kappa shape index (κ1) is 12.1. The summed E-state index contributed by atoms with van der Waals surface area (Å²) in [7, 11) is 0. The molecule has 5 heteroatoms. The summed E-state index contributed by atoms with van der Waals surface area (Å²) in [6.45, 7) is 1.75. The summed E-state index contributed by atoms with van der Waals surface area (Å²) < 4.78 is 0. The van der Waals surface area contributed by atoms with E-state index in [1.807, 2.05) is 0 Å². The maximum absolute atomic E-state index is 11.6. The quantitative estimate of drug-likeness (QED) is 0.456. The van der Waals surface area contributed by atoms with Crippen LogP contribution in [0.4, 0.5) is 0 Å². The minimum atomic E-state index is -0.398. The standard InChI is InChI=1S/C11H8ClN3O/c1-2-8(12)3-4-10(16)11-9(7-13)14-5-6-15-11/h2-6H,1H3. The highest BCUT2D eigenvalue weighted by atomic mass is 35.5. The molecule has 0 atom stereocenters. The van der Waals surface area contributed by atoms with Gasteiger partial charge in [0.1, 0.15) is 11.8 Å². The Morgan fingerprint density at radius 1 is 1.44 bits per heavy atom. The Hall–Kier alpha value is -1.99. The second-order valence-electron chi connectivity index (χ2n) is 2.74. The third-order valence-electron chi connectivity index (χ3n) is 1.71. The van der Waals surface area contributed by atoms with E-state index in [4.69, 9.17) is 16.9 Å². The summed E-state index contributed by atoms with van der Waals surface area (Å²) in [4.78, 5) is 19.2. The maximum atomic E-state index is 11.6. The number of halogens is 1. The molecule has 0 unspecified atom stereocenters. The van der Waals surface area contributed by atoms with E-state index in [1.54, 1.807) is 19.1 Å². The second kappa shape index (κ2) is 5.79. The Kier molecular flexibility index (Phi) is 4.37. The van der Waals surface area contributed by atoms with Gasteiger partial charge in [-0.2, -0.15) is 5.26 Å². The first-order valence-corrected chi connectivity index (χ1v) is 4.82. The molecule has 0 aliphatic rings. The summed E-state index contributed by atoms with van der Waals surface area (Å²) in [5.41, 5.74) is 0.0376. The summed E-state index contributed by atoms with van der Waals surface area (Å²) in [5.74, 6) is -0.398. The molecular weight excluding hydrogens is 226 g/mol. The highest BCUT2D eigenvalue weighted by molar-refractivity contribution is 6.31. The van der Waals surface area contributed by atoms with Crippen LogP contribution in [0.1, 0.15) is 23.1 Å². The van der Waals surface area contributed by atoms with Gasteiger partial charge in [0.2, 0.25) is 5.78 Å². The Labute approximate surface area is 97.9 Å². The molecule has 1 aromatic rings. The molecule has 0 radical (unpaired) electrons. The van der Waals surface area contributed by atoms with E-state index in [2.05, 4.69) is 9.97 Å². The summed E-state index contributed by atoms with van der Waals surface area (Å²) in [5, 5.41) is 9.17. The fraction of sp³-hybridized carbons (Fsp3) is 0.0909. The lowest BCUT2D eigenvalue weighted by Gasteiger charge is -1.95. The SMILES string of the molecule is CC=C(Cl)C=CC(=O)c1nccnc1C#N. The van der Waals surface area contributed by atoms with Gasteiger partial charge in [-0.05, 0) is 19.1 Å². The zero-order valence-corrected chi connectivity index (χ0v) is 9.27. The molecule has 4 nitrogen and oxygen atoms in total. The number of ketones is 1. The van der Waals surface area contributed by atoms with E-state index in [9.17, 15) is 4.79 Å². The van der Waals surface area contributed by atoms with Gasteiger partial charge in [0, 0.05) is 17.4 Å². The molecule has 0 amide bonds. The van der Waals surface area contributed by atoms with E-state index in [-0.39, 0.29) is 11.4 Å². The van der Waals surface area contributed by atoms with Gasteiger partial charge in [-0.1, -0.05) is 17.7 Å². The van der Waals surface area contributed by atoms with E-state index in [1.165, 1.54) is 24.5 Å². The number of nitriles is 1. The van der Waals surface area contributed by atoms with E-state index < -0.39 is 5.78 Å². The van der Waals surface area contributed by atoms with Crippen LogP contribution in [0.5, 0.6) is 0 Å². The largest absolute Gasteiger partial charge is 0.287 e. The number of aromatic nitrogens is 2. The van der Waals surface area contributed by atoms with Crippen LogP contribution in [-0.2, 0) is 0 Å². The maximum Gasteiger partial charge on any atom is 0.207 e. The van der Waals surface area contributed by atoms with Crippen molar-refractivity contribution in [3.8, 4) is 6.07 Å². The van der Waals surface area contributed by atoms with Crippen LogP contribution in [0.25, 0.3) is 0 Å². The van der Waals surface area contributed by atoms with Crippen molar-refractivity contribution in [1.82, 2.24) is 9.97 Å². The number of hydrogen-bond donors (Lipinski definition) is 0. The molecule has 0 fully saturated rings. The van der Waals surface area contributed by atoms with Crippen molar-refractivity contribution < 1.29 is 4.79 Å². The van der Waals surface area contributed by atoms with Gasteiger partial charge in [-0.15, -0.1) is 0 Å². The van der Waals surface area contributed by atoms with Crippen molar-refractivity contribution in [2.75, 3.05) is 0 Å². The molecular formula is C11H8ClN3O. The molecule has 0 saturated heterocycles. The van der Waals surface area contributed by atoms with Crippen molar-refractivity contribution >= 4 is 17.4 Å². The van der Waals surface area contributed by atoms with Crippen molar-refractivity contribution in [1.29, 1.82) is 5.26 Å². The lowest BCUT2D eigenvalue weighted by molar-refractivity contribution is 0.104. The predicted molar refractivity (Wildman–Crippen MR) is 59.8 cm³/mol. The highest BCUT2D eigenvalue weighted by Crippen LogP contribution is 2.06.